The van der Waals surface area contributed by atoms with Crippen molar-refractivity contribution >= 4 is 48.2 Å². The minimum atomic E-state index is -0.346. The minimum Gasteiger partial charge on any atom is -0.422 e. The summed E-state index contributed by atoms with van der Waals surface area (Å²) in [7, 11) is 0. The van der Waals surface area contributed by atoms with Crippen molar-refractivity contribution in [3.05, 3.63) is 103 Å². The smallest absolute Gasteiger partial charge is 0.343 e. The lowest BCUT2D eigenvalue weighted by Gasteiger charge is -2.11. The summed E-state index contributed by atoms with van der Waals surface area (Å²) in [6, 6.07) is 31.7. The van der Waals surface area contributed by atoms with E-state index in [0.29, 0.717) is 11.3 Å². The molecule has 5 aromatic carbocycles. The van der Waals surface area contributed by atoms with Crippen molar-refractivity contribution in [3.63, 3.8) is 0 Å². The Balaban J connectivity index is 0.00000192. The Kier molecular flexibility index (Phi) is 4.81. The van der Waals surface area contributed by atoms with Crippen LogP contribution in [0.15, 0.2) is 97.1 Å². The molecular formula is C25H19O2P. The molecule has 0 saturated carbocycles. The average molecular weight is 382 g/mol. The first kappa shape index (κ1) is 18.2. The van der Waals surface area contributed by atoms with Crippen LogP contribution >= 0.6 is 9.90 Å². The molecule has 2 nitrogen and oxygen atoms in total. The number of benzene rings is 5. The second kappa shape index (κ2) is 7.42. The summed E-state index contributed by atoms with van der Waals surface area (Å²) in [5.74, 6) is 0.239. The highest BCUT2D eigenvalue weighted by atomic mass is 31.0. The van der Waals surface area contributed by atoms with Gasteiger partial charge in [-0.1, -0.05) is 66.7 Å². The van der Waals surface area contributed by atoms with Crippen LogP contribution in [-0.4, -0.2) is 5.97 Å². The highest BCUT2D eigenvalue weighted by molar-refractivity contribution is 6.92. The quantitative estimate of drug-likeness (QED) is 0.116. The lowest BCUT2D eigenvalue weighted by molar-refractivity contribution is 0.0737. The molecule has 28 heavy (non-hydrogen) atoms. The predicted octanol–water partition coefficient (Wildman–Crippen LogP) is 6.42. The van der Waals surface area contributed by atoms with Gasteiger partial charge in [-0.25, -0.2) is 4.79 Å². The molecule has 0 N–H and O–H groups in total. The van der Waals surface area contributed by atoms with Gasteiger partial charge in [-0.2, -0.15) is 9.90 Å². The Morgan fingerprint density at radius 1 is 0.607 bits per heavy atom. The molecule has 1 atom stereocenters. The van der Waals surface area contributed by atoms with Crippen LogP contribution in [0, 0.1) is 0 Å². The van der Waals surface area contributed by atoms with Crippen molar-refractivity contribution in [2.75, 3.05) is 0 Å². The van der Waals surface area contributed by atoms with Gasteiger partial charge in [0.2, 0.25) is 0 Å². The Bertz CT molecular complexity index is 1310. The minimum absolute atomic E-state index is 0. The van der Waals surface area contributed by atoms with E-state index in [2.05, 4.69) is 36.4 Å². The topological polar surface area (TPSA) is 26.3 Å². The molecule has 5 rings (SSSR count). The van der Waals surface area contributed by atoms with Crippen molar-refractivity contribution in [3.8, 4) is 5.75 Å². The molecule has 0 spiro atoms. The van der Waals surface area contributed by atoms with E-state index in [0.717, 1.165) is 21.5 Å². The number of esters is 1. The van der Waals surface area contributed by atoms with E-state index >= 15 is 0 Å². The Morgan fingerprint density at radius 2 is 1.25 bits per heavy atom. The summed E-state index contributed by atoms with van der Waals surface area (Å²) in [5, 5.41) is 6.60. The van der Waals surface area contributed by atoms with Gasteiger partial charge in [0, 0.05) is 5.39 Å². The third kappa shape index (κ3) is 3.13. The van der Waals surface area contributed by atoms with E-state index < -0.39 is 0 Å². The largest absolute Gasteiger partial charge is 0.422 e. The van der Waals surface area contributed by atoms with Gasteiger partial charge in [-0.15, -0.1) is 0 Å². The number of ether oxygens (including phenoxy) is 1. The van der Waals surface area contributed by atoms with Crippen molar-refractivity contribution < 1.29 is 9.53 Å². The number of hydrogen-bond donors (Lipinski definition) is 0. The van der Waals surface area contributed by atoms with Gasteiger partial charge in [0.25, 0.3) is 0 Å². The van der Waals surface area contributed by atoms with Crippen LogP contribution in [-0.2, 0) is 0 Å². The van der Waals surface area contributed by atoms with Crippen LogP contribution in [0.3, 0.4) is 0 Å². The third-order valence-corrected chi connectivity index (χ3v) is 4.90. The molecule has 0 radical (unpaired) electrons. The second-order valence-electron chi connectivity index (χ2n) is 6.60. The maximum absolute atomic E-state index is 12.6. The molecule has 136 valence electrons. The highest BCUT2D eigenvalue weighted by Gasteiger charge is 2.13. The summed E-state index contributed by atoms with van der Waals surface area (Å²) >= 11 is 0. The van der Waals surface area contributed by atoms with E-state index in [4.69, 9.17) is 4.74 Å². The Morgan fingerprint density at radius 3 is 2.04 bits per heavy atom. The van der Waals surface area contributed by atoms with Crippen LogP contribution in [0.2, 0.25) is 0 Å². The van der Waals surface area contributed by atoms with Gasteiger partial charge in [0.05, 0.1) is 5.56 Å². The zero-order valence-corrected chi connectivity index (χ0v) is 16.7. The van der Waals surface area contributed by atoms with Crippen LogP contribution in [0.4, 0.5) is 0 Å². The van der Waals surface area contributed by atoms with Crippen LogP contribution in [0.1, 0.15) is 10.4 Å². The molecule has 0 amide bonds. The number of hydrogen-bond acceptors (Lipinski definition) is 2. The van der Waals surface area contributed by atoms with Gasteiger partial charge < -0.3 is 4.74 Å². The van der Waals surface area contributed by atoms with Gasteiger partial charge >= 0.3 is 5.97 Å². The first-order valence-electron chi connectivity index (χ1n) is 8.91. The Labute approximate surface area is 166 Å². The zero-order valence-electron chi connectivity index (χ0n) is 15.3. The monoisotopic (exact) mass is 382 g/mol. The molecule has 0 aliphatic carbocycles. The third-order valence-electron chi connectivity index (χ3n) is 4.90. The first-order chi connectivity index (χ1) is 13.3. The van der Waals surface area contributed by atoms with Crippen molar-refractivity contribution in [1.82, 2.24) is 0 Å². The molecule has 0 fully saturated rings. The van der Waals surface area contributed by atoms with E-state index in [-0.39, 0.29) is 15.9 Å². The second-order valence-corrected chi connectivity index (χ2v) is 6.60. The fraction of sp³-hybridized carbons (Fsp3) is 0. The zero-order chi connectivity index (χ0) is 18.2. The number of rotatable bonds is 2. The fourth-order valence-corrected chi connectivity index (χ4v) is 3.59. The van der Waals surface area contributed by atoms with Gasteiger partial charge in [0.1, 0.15) is 5.75 Å². The van der Waals surface area contributed by atoms with E-state index in [1.807, 2.05) is 48.5 Å². The molecule has 5 aromatic rings. The first-order valence-corrected chi connectivity index (χ1v) is 8.91. The molecule has 0 saturated heterocycles. The normalized spacial score (nSPS) is 10.7. The van der Waals surface area contributed by atoms with Crippen molar-refractivity contribution in [1.29, 1.82) is 0 Å². The summed E-state index contributed by atoms with van der Waals surface area (Å²) in [4.78, 5) is 12.6. The molecule has 3 heteroatoms. The average Bonchev–Trinajstić information content (AvgIpc) is 2.73. The molecule has 1 unspecified atom stereocenters. The number of carbonyl (C=O) groups is 1. The lowest BCUT2D eigenvalue weighted by Crippen LogP contribution is -2.08. The van der Waals surface area contributed by atoms with Gasteiger partial charge in [0.15, 0.2) is 0 Å². The van der Waals surface area contributed by atoms with Crippen LogP contribution in [0.25, 0.3) is 32.3 Å². The molecule has 0 aliphatic heterocycles. The number of fused-ring (bicyclic) bond motifs is 4. The van der Waals surface area contributed by atoms with Crippen molar-refractivity contribution in [2.45, 2.75) is 0 Å². The highest BCUT2D eigenvalue weighted by Crippen LogP contribution is 2.35. The predicted molar refractivity (Wildman–Crippen MR) is 121 cm³/mol. The van der Waals surface area contributed by atoms with Gasteiger partial charge in [-0.05, 0) is 57.3 Å². The summed E-state index contributed by atoms with van der Waals surface area (Å²) in [6.07, 6.45) is 0. The Hall–Kier alpha value is -3.22. The number of carbonyl (C=O) groups excluding carboxylic acids is 1. The molecule has 0 aromatic heterocycles. The summed E-state index contributed by atoms with van der Waals surface area (Å²) in [6.45, 7) is 0. The maximum Gasteiger partial charge on any atom is 0.343 e. The fourth-order valence-electron chi connectivity index (χ4n) is 3.59. The molecule has 0 aliphatic rings. The summed E-state index contributed by atoms with van der Waals surface area (Å²) in [5.41, 5.74) is 0.542. The van der Waals surface area contributed by atoms with Crippen LogP contribution < -0.4 is 4.74 Å². The van der Waals surface area contributed by atoms with E-state index in [1.165, 1.54) is 10.8 Å². The standard InChI is InChI=1S/C25H16O2.H3P/c26-25(18-7-2-1-3-8-18)27-23-12-6-11-17-13-14-21-15-19-9-4-5-10-20(19)16-22(21)24(17)23;/h1-16H;1H3. The lowest BCUT2D eigenvalue weighted by atomic mass is 9.98. The summed E-state index contributed by atoms with van der Waals surface area (Å²) < 4.78 is 5.79. The van der Waals surface area contributed by atoms with E-state index in [1.54, 1.807) is 12.1 Å². The maximum atomic E-state index is 12.6. The van der Waals surface area contributed by atoms with Gasteiger partial charge in [-0.3, -0.25) is 0 Å². The molecule has 0 heterocycles. The van der Waals surface area contributed by atoms with Crippen molar-refractivity contribution in [2.24, 2.45) is 0 Å². The van der Waals surface area contributed by atoms with E-state index in [9.17, 15) is 4.79 Å². The SMILES string of the molecule is O=C(Oc1cccc2ccc3cc4ccccc4cc3c12)c1ccccc1.P. The molecular weight excluding hydrogens is 363 g/mol. The van der Waals surface area contributed by atoms with Crippen LogP contribution in [0.5, 0.6) is 5.75 Å². The molecule has 0 bridgehead atoms.